The Morgan fingerprint density at radius 3 is 2.47 bits per heavy atom. The van der Waals surface area contributed by atoms with E-state index in [4.69, 9.17) is 4.74 Å². The van der Waals surface area contributed by atoms with Gasteiger partial charge in [-0.05, 0) is 37.6 Å². The zero-order valence-electron chi connectivity index (χ0n) is 10.9. The van der Waals surface area contributed by atoms with E-state index >= 15 is 0 Å². The van der Waals surface area contributed by atoms with Crippen molar-refractivity contribution >= 4 is 0 Å². The van der Waals surface area contributed by atoms with Gasteiger partial charge in [-0.3, -0.25) is 0 Å². The Labute approximate surface area is 105 Å². The number of rotatable bonds is 6. The van der Waals surface area contributed by atoms with Crippen LogP contribution < -0.4 is 5.32 Å². The molecule has 1 unspecified atom stereocenters. The predicted molar refractivity (Wildman–Crippen MR) is 69.0 cm³/mol. The molecule has 100 valence electrons. The van der Waals surface area contributed by atoms with Crippen molar-refractivity contribution in [3.63, 3.8) is 0 Å². The Morgan fingerprint density at radius 2 is 1.76 bits per heavy atom. The number of aliphatic hydroxyl groups is 1. The summed E-state index contributed by atoms with van der Waals surface area (Å²) in [7, 11) is 0. The third-order valence-electron chi connectivity index (χ3n) is 4.23. The number of hydrogen-bond donors (Lipinski definition) is 2. The first-order valence-electron chi connectivity index (χ1n) is 7.31. The minimum Gasteiger partial charge on any atom is -0.392 e. The molecule has 1 atom stereocenters. The van der Waals surface area contributed by atoms with Gasteiger partial charge in [0.15, 0.2) is 0 Å². The first kappa shape index (κ1) is 13.3. The molecule has 3 nitrogen and oxygen atoms in total. The molecule has 0 aromatic rings. The second kappa shape index (κ2) is 7.34. The van der Waals surface area contributed by atoms with E-state index < -0.39 is 0 Å². The van der Waals surface area contributed by atoms with E-state index in [0.717, 1.165) is 44.6 Å². The van der Waals surface area contributed by atoms with E-state index in [1.54, 1.807) is 0 Å². The SMILES string of the molecule is OC(CNCC1CCOCC1)CC1CCCC1. The predicted octanol–water partition coefficient (Wildman–Crippen LogP) is 1.94. The Kier molecular flexibility index (Phi) is 5.75. The van der Waals surface area contributed by atoms with E-state index in [1.165, 1.54) is 38.5 Å². The molecule has 0 spiro atoms. The summed E-state index contributed by atoms with van der Waals surface area (Å²) >= 11 is 0. The molecule has 0 aromatic heterocycles. The van der Waals surface area contributed by atoms with E-state index in [9.17, 15) is 5.11 Å². The van der Waals surface area contributed by atoms with Crippen LogP contribution in [0.2, 0.25) is 0 Å². The lowest BCUT2D eigenvalue weighted by Gasteiger charge is -2.23. The van der Waals surface area contributed by atoms with Gasteiger partial charge in [0.25, 0.3) is 0 Å². The molecule has 0 bridgehead atoms. The van der Waals surface area contributed by atoms with Crippen LogP contribution in [-0.4, -0.2) is 37.5 Å². The van der Waals surface area contributed by atoms with Gasteiger partial charge in [-0.2, -0.15) is 0 Å². The summed E-state index contributed by atoms with van der Waals surface area (Å²) in [5.41, 5.74) is 0. The maximum Gasteiger partial charge on any atom is 0.0667 e. The molecular formula is C14H27NO2. The molecule has 1 aliphatic carbocycles. The second-order valence-electron chi connectivity index (χ2n) is 5.75. The van der Waals surface area contributed by atoms with Crippen molar-refractivity contribution in [2.75, 3.05) is 26.3 Å². The lowest BCUT2D eigenvalue weighted by Crippen LogP contribution is -2.33. The molecule has 0 amide bonds. The van der Waals surface area contributed by atoms with E-state index in [0.29, 0.717) is 0 Å². The molecule has 1 saturated heterocycles. The van der Waals surface area contributed by atoms with Gasteiger partial charge in [-0.25, -0.2) is 0 Å². The topological polar surface area (TPSA) is 41.5 Å². The zero-order chi connectivity index (χ0) is 11.9. The fourth-order valence-corrected chi connectivity index (χ4v) is 3.12. The van der Waals surface area contributed by atoms with Crippen LogP contribution in [0.15, 0.2) is 0 Å². The standard InChI is InChI=1S/C14H27NO2/c16-14(9-12-3-1-2-4-12)11-15-10-13-5-7-17-8-6-13/h12-16H,1-11H2. The monoisotopic (exact) mass is 241 g/mol. The molecular weight excluding hydrogens is 214 g/mol. The summed E-state index contributed by atoms with van der Waals surface area (Å²) in [5.74, 6) is 1.54. The van der Waals surface area contributed by atoms with Crippen molar-refractivity contribution in [1.82, 2.24) is 5.32 Å². The lowest BCUT2D eigenvalue weighted by atomic mass is 9.99. The Morgan fingerprint density at radius 1 is 1.06 bits per heavy atom. The smallest absolute Gasteiger partial charge is 0.0667 e. The molecule has 2 fully saturated rings. The maximum atomic E-state index is 9.95. The van der Waals surface area contributed by atoms with Gasteiger partial charge in [0.1, 0.15) is 0 Å². The molecule has 2 aliphatic rings. The highest BCUT2D eigenvalue weighted by atomic mass is 16.5. The van der Waals surface area contributed by atoms with Crippen molar-refractivity contribution in [3.8, 4) is 0 Å². The Bertz CT molecular complexity index is 198. The average Bonchev–Trinajstić information content (AvgIpc) is 2.83. The minimum absolute atomic E-state index is 0.141. The molecule has 2 rings (SSSR count). The number of ether oxygens (including phenoxy) is 1. The van der Waals surface area contributed by atoms with E-state index in [2.05, 4.69) is 5.32 Å². The highest BCUT2D eigenvalue weighted by Gasteiger charge is 2.19. The summed E-state index contributed by atoms with van der Waals surface area (Å²) in [6, 6.07) is 0. The molecule has 0 aromatic carbocycles. The van der Waals surface area contributed by atoms with Crippen LogP contribution >= 0.6 is 0 Å². The number of nitrogens with one attached hydrogen (secondary N) is 1. The molecule has 0 radical (unpaired) electrons. The molecule has 2 N–H and O–H groups in total. The fourth-order valence-electron chi connectivity index (χ4n) is 3.12. The first-order chi connectivity index (χ1) is 8.34. The van der Waals surface area contributed by atoms with Crippen LogP contribution in [0.1, 0.15) is 44.9 Å². The Hall–Kier alpha value is -0.120. The molecule has 1 heterocycles. The van der Waals surface area contributed by atoms with Crippen LogP contribution in [0.25, 0.3) is 0 Å². The minimum atomic E-state index is -0.141. The van der Waals surface area contributed by atoms with Crippen LogP contribution in [0.3, 0.4) is 0 Å². The highest BCUT2D eigenvalue weighted by molar-refractivity contribution is 4.73. The fraction of sp³-hybridized carbons (Fsp3) is 1.00. The second-order valence-corrected chi connectivity index (χ2v) is 5.75. The van der Waals surface area contributed by atoms with Crippen molar-refractivity contribution in [3.05, 3.63) is 0 Å². The van der Waals surface area contributed by atoms with Crippen molar-refractivity contribution in [2.24, 2.45) is 11.8 Å². The molecule has 3 heteroatoms. The molecule has 17 heavy (non-hydrogen) atoms. The van der Waals surface area contributed by atoms with Gasteiger partial charge >= 0.3 is 0 Å². The van der Waals surface area contributed by atoms with Crippen molar-refractivity contribution in [2.45, 2.75) is 51.0 Å². The van der Waals surface area contributed by atoms with Crippen LogP contribution in [-0.2, 0) is 4.74 Å². The van der Waals surface area contributed by atoms with Gasteiger partial charge in [-0.1, -0.05) is 25.7 Å². The zero-order valence-corrected chi connectivity index (χ0v) is 10.9. The van der Waals surface area contributed by atoms with Gasteiger partial charge in [0.05, 0.1) is 6.10 Å². The number of hydrogen-bond acceptors (Lipinski definition) is 3. The van der Waals surface area contributed by atoms with Crippen LogP contribution in [0, 0.1) is 11.8 Å². The van der Waals surface area contributed by atoms with Crippen LogP contribution in [0.4, 0.5) is 0 Å². The van der Waals surface area contributed by atoms with Crippen molar-refractivity contribution < 1.29 is 9.84 Å². The molecule has 1 aliphatic heterocycles. The Balaban J connectivity index is 1.51. The largest absolute Gasteiger partial charge is 0.392 e. The van der Waals surface area contributed by atoms with E-state index in [-0.39, 0.29) is 6.10 Å². The quantitative estimate of drug-likeness (QED) is 0.747. The van der Waals surface area contributed by atoms with Crippen LogP contribution in [0.5, 0.6) is 0 Å². The maximum absolute atomic E-state index is 9.95. The highest BCUT2D eigenvalue weighted by Crippen LogP contribution is 2.28. The van der Waals surface area contributed by atoms with Gasteiger partial charge in [0.2, 0.25) is 0 Å². The molecule has 1 saturated carbocycles. The normalized spacial score (nSPS) is 25.2. The van der Waals surface area contributed by atoms with Gasteiger partial charge in [0, 0.05) is 19.8 Å². The lowest BCUT2D eigenvalue weighted by molar-refractivity contribution is 0.0643. The van der Waals surface area contributed by atoms with Crippen molar-refractivity contribution in [1.29, 1.82) is 0 Å². The van der Waals surface area contributed by atoms with E-state index in [1.807, 2.05) is 0 Å². The first-order valence-corrected chi connectivity index (χ1v) is 7.31. The summed E-state index contributed by atoms with van der Waals surface area (Å²) in [6.07, 6.45) is 8.60. The van der Waals surface area contributed by atoms with Gasteiger partial charge < -0.3 is 15.2 Å². The van der Waals surface area contributed by atoms with Gasteiger partial charge in [-0.15, -0.1) is 0 Å². The third-order valence-corrected chi connectivity index (χ3v) is 4.23. The summed E-state index contributed by atoms with van der Waals surface area (Å²) in [5, 5.41) is 13.4. The summed E-state index contributed by atoms with van der Waals surface area (Å²) in [4.78, 5) is 0. The summed E-state index contributed by atoms with van der Waals surface area (Å²) in [6.45, 7) is 3.65. The summed E-state index contributed by atoms with van der Waals surface area (Å²) < 4.78 is 5.34. The average molecular weight is 241 g/mol. The number of aliphatic hydroxyl groups excluding tert-OH is 1. The third kappa shape index (κ3) is 4.94.